The Morgan fingerprint density at radius 1 is 1.12 bits per heavy atom. The molecule has 1 unspecified atom stereocenters. The van der Waals surface area contributed by atoms with Gasteiger partial charge in [-0.15, -0.1) is 11.3 Å². The topological polar surface area (TPSA) is 172 Å². The van der Waals surface area contributed by atoms with Gasteiger partial charge in [-0.25, -0.2) is 15.2 Å². The molecule has 0 aliphatic carbocycles. The molecule has 0 radical (unpaired) electrons. The predicted molar refractivity (Wildman–Crippen MR) is 259 cm³/mol. The molecule has 1 aromatic carbocycles. The fourth-order valence-corrected chi connectivity index (χ4v) is 10.7. The standard InChI is InChI=1S/C50H67N9O7S/c1-12-42(60)57-25-31(6)58(26-30(57)5)49(64)55(10)44(29(3)4)46(61)53-38-23-41-52-39(27-67-41)33-18-19-40-35(22-33)36(45(56(40)13-2)34-16-14-20-51-43(34)32(7)65-11)24-50(8,9)28-66-48(63)37-17-15-21-59(54-37)47(38)62/h12,14,16,18-20,22,27,29-32,37-38,44,54H,1,13,15,17,21,23-26,28H2,2-11H3,(H,53,61)/t30-,31+,32+,37+,38+,44?/m1/s1. The van der Waals surface area contributed by atoms with Crippen molar-refractivity contribution in [1.29, 1.82) is 0 Å². The van der Waals surface area contributed by atoms with Crippen LogP contribution in [0, 0.1) is 11.3 Å². The summed E-state index contributed by atoms with van der Waals surface area (Å²) in [5.41, 5.74) is 9.24. The molecule has 6 atom stereocenters. The number of methoxy groups -OCH3 is 1. The minimum absolute atomic E-state index is 0.0678. The van der Waals surface area contributed by atoms with E-state index < -0.39 is 41.3 Å². The second-order valence-corrected chi connectivity index (χ2v) is 20.3. The van der Waals surface area contributed by atoms with Crippen LogP contribution in [0.25, 0.3) is 33.4 Å². The molecule has 0 spiro atoms. The first-order chi connectivity index (χ1) is 31.9. The Morgan fingerprint density at radius 2 is 1.85 bits per heavy atom. The lowest BCUT2D eigenvalue weighted by molar-refractivity contribution is -0.155. The van der Waals surface area contributed by atoms with Crippen LogP contribution in [0.15, 0.2) is 54.6 Å². The third-order valence-corrected chi connectivity index (χ3v) is 14.3. The number of benzene rings is 1. The van der Waals surface area contributed by atoms with E-state index in [-0.39, 0.29) is 55.6 Å². The molecule has 3 aliphatic rings. The van der Waals surface area contributed by atoms with Crippen LogP contribution < -0.4 is 10.7 Å². The first kappa shape index (κ1) is 49.3. The molecule has 6 heterocycles. The number of cyclic esters (lactones) is 1. The van der Waals surface area contributed by atoms with Crippen molar-refractivity contribution in [3.63, 3.8) is 0 Å². The summed E-state index contributed by atoms with van der Waals surface area (Å²) in [5, 5.41) is 8.11. The van der Waals surface area contributed by atoms with E-state index in [0.29, 0.717) is 43.9 Å². The highest BCUT2D eigenvalue weighted by Gasteiger charge is 2.41. The average molecular weight is 938 g/mol. The highest BCUT2D eigenvalue weighted by atomic mass is 32.1. The summed E-state index contributed by atoms with van der Waals surface area (Å²) < 4.78 is 14.2. The number of hydrazine groups is 1. The quantitative estimate of drug-likeness (QED) is 0.142. The lowest BCUT2D eigenvalue weighted by atomic mass is 9.84. The molecule has 16 nitrogen and oxygen atoms in total. The number of rotatable bonds is 9. The van der Waals surface area contributed by atoms with E-state index in [1.165, 1.54) is 27.3 Å². The maximum atomic E-state index is 14.7. The number of fused-ring (bicyclic) bond motifs is 6. The molecule has 3 aliphatic heterocycles. The number of piperazine rings is 1. The molecule has 6 bridgehead atoms. The number of esters is 1. The number of aryl methyl sites for hydroxylation is 1. The van der Waals surface area contributed by atoms with E-state index in [1.807, 2.05) is 46.1 Å². The van der Waals surface area contributed by atoms with E-state index in [9.17, 15) is 24.0 Å². The molecular formula is C50H67N9O7S. The van der Waals surface area contributed by atoms with Gasteiger partial charge in [0.2, 0.25) is 11.8 Å². The highest BCUT2D eigenvalue weighted by molar-refractivity contribution is 7.10. The number of urea groups is 1. The van der Waals surface area contributed by atoms with Crippen molar-refractivity contribution in [2.75, 3.05) is 40.4 Å². The summed E-state index contributed by atoms with van der Waals surface area (Å²) in [4.78, 5) is 84.6. The molecule has 360 valence electrons. The average Bonchev–Trinajstić information content (AvgIpc) is 3.91. The van der Waals surface area contributed by atoms with Crippen LogP contribution in [-0.2, 0) is 48.0 Å². The molecule has 3 aromatic heterocycles. The first-order valence-corrected chi connectivity index (χ1v) is 24.3. The van der Waals surface area contributed by atoms with Gasteiger partial charge in [0.1, 0.15) is 18.1 Å². The molecule has 2 fully saturated rings. The van der Waals surface area contributed by atoms with E-state index in [0.717, 1.165) is 44.7 Å². The number of carbonyl (C=O) groups is 5. The van der Waals surface area contributed by atoms with Gasteiger partial charge in [0.25, 0.3) is 5.91 Å². The van der Waals surface area contributed by atoms with E-state index in [1.54, 1.807) is 30.2 Å². The van der Waals surface area contributed by atoms with E-state index in [4.69, 9.17) is 19.4 Å². The van der Waals surface area contributed by atoms with Gasteiger partial charge in [0.15, 0.2) is 0 Å². The van der Waals surface area contributed by atoms with Crippen molar-refractivity contribution in [2.24, 2.45) is 11.3 Å². The zero-order valence-electron chi connectivity index (χ0n) is 40.6. The van der Waals surface area contributed by atoms with Crippen LogP contribution in [0.3, 0.4) is 0 Å². The van der Waals surface area contributed by atoms with Crippen molar-refractivity contribution in [1.82, 2.24) is 45.0 Å². The molecule has 5 amide bonds. The number of thiazole rings is 1. The number of ether oxygens (including phenoxy) is 2. The number of amides is 5. The third kappa shape index (κ3) is 10.1. The fraction of sp³-hybridized carbons (Fsp3) is 0.540. The Morgan fingerprint density at radius 3 is 2.55 bits per heavy atom. The number of nitrogens with one attached hydrogen (secondary N) is 2. The minimum Gasteiger partial charge on any atom is -0.464 e. The van der Waals surface area contributed by atoms with Crippen molar-refractivity contribution in [3.05, 3.63) is 70.8 Å². The monoisotopic (exact) mass is 937 g/mol. The van der Waals surface area contributed by atoms with Gasteiger partial charge in [0.05, 0.1) is 34.8 Å². The van der Waals surface area contributed by atoms with Gasteiger partial charge in [-0.05, 0) is 88.8 Å². The lowest BCUT2D eigenvalue weighted by Gasteiger charge is -2.46. The smallest absolute Gasteiger partial charge is 0.324 e. The van der Waals surface area contributed by atoms with E-state index >= 15 is 0 Å². The van der Waals surface area contributed by atoms with Crippen molar-refractivity contribution in [3.8, 4) is 22.5 Å². The molecule has 17 heteroatoms. The first-order valence-electron chi connectivity index (χ1n) is 23.5. The Balaban J connectivity index is 1.26. The maximum Gasteiger partial charge on any atom is 0.324 e. The summed E-state index contributed by atoms with van der Waals surface area (Å²) in [7, 11) is 3.28. The molecule has 67 heavy (non-hydrogen) atoms. The van der Waals surface area contributed by atoms with Crippen LogP contribution in [-0.4, -0.2) is 135 Å². The number of nitrogens with zero attached hydrogens (tertiary/aromatic N) is 7. The zero-order chi connectivity index (χ0) is 48.5. The Bertz CT molecular complexity index is 2520. The third-order valence-electron chi connectivity index (χ3n) is 13.5. The van der Waals surface area contributed by atoms with Gasteiger partial charge < -0.3 is 34.1 Å². The number of carbonyl (C=O) groups excluding carboxylic acids is 5. The summed E-state index contributed by atoms with van der Waals surface area (Å²) >= 11 is 1.40. The number of hydrogen-bond donors (Lipinski definition) is 2. The molecule has 0 saturated carbocycles. The van der Waals surface area contributed by atoms with Crippen molar-refractivity contribution in [2.45, 2.75) is 124 Å². The number of pyridine rings is 1. The zero-order valence-corrected chi connectivity index (χ0v) is 41.4. The summed E-state index contributed by atoms with van der Waals surface area (Å²) in [6, 6.07) is 6.64. The fourth-order valence-electron chi connectivity index (χ4n) is 9.89. The lowest BCUT2D eigenvalue weighted by Crippen LogP contribution is -2.64. The van der Waals surface area contributed by atoms with Gasteiger partial charge >= 0.3 is 12.0 Å². The van der Waals surface area contributed by atoms with Crippen LogP contribution in [0.2, 0.25) is 0 Å². The van der Waals surface area contributed by atoms with Crippen molar-refractivity contribution >= 4 is 52.0 Å². The summed E-state index contributed by atoms with van der Waals surface area (Å²) in [5.74, 6) is -1.92. The molecule has 4 aromatic rings. The van der Waals surface area contributed by atoms with Crippen LogP contribution in [0.5, 0.6) is 0 Å². The second kappa shape index (κ2) is 20.3. The van der Waals surface area contributed by atoms with Crippen LogP contribution in [0.4, 0.5) is 4.79 Å². The minimum atomic E-state index is -1.10. The van der Waals surface area contributed by atoms with E-state index in [2.05, 4.69) is 66.9 Å². The number of likely N-dealkylation sites (N-methyl/N-ethyl adjacent to an activating group) is 1. The van der Waals surface area contributed by atoms with Crippen molar-refractivity contribution < 1.29 is 33.4 Å². The largest absolute Gasteiger partial charge is 0.464 e. The maximum absolute atomic E-state index is 14.7. The van der Waals surface area contributed by atoms with Crippen LogP contribution >= 0.6 is 11.3 Å². The SMILES string of the molecule is C=CC(=O)N1C[C@H](C)N(C(=O)N(C)C(C(=O)N[C@H]2Cc3nc(cs3)-c3ccc4c(c3)c(c(-c3cccnc3[C@H](C)OC)n4CC)CC(C)(C)COC(=O)[C@@H]3CCCN(N3)C2=O)C(C)C)C[C@H]1C. The highest BCUT2D eigenvalue weighted by Crippen LogP contribution is 2.42. The van der Waals surface area contributed by atoms with Gasteiger partial charge in [0, 0.05) is 97.9 Å². The van der Waals surface area contributed by atoms with Gasteiger partial charge in [-0.3, -0.25) is 29.2 Å². The Hall–Kier alpha value is -5.65. The predicted octanol–water partition coefficient (Wildman–Crippen LogP) is 6.39. The number of hydrogen-bond acceptors (Lipinski definition) is 11. The Labute approximate surface area is 398 Å². The Kier molecular flexibility index (Phi) is 14.9. The van der Waals surface area contributed by atoms with Gasteiger partial charge in [-0.1, -0.05) is 40.3 Å². The molecular weight excluding hydrogens is 871 g/mol. The molecule has 2 N–H and O–H groups in total. The summed E-state index contributed by atoms with van der Waals surface area (Å²) in [6.45, 7) is 21.2. The molecule has 7 rings (SSSR count). The normalized spacial score (nSPS) is 22.2. The summed E-state index contributed by atoms with van der Waals surface area (Å²) in [6.07, 6.45) is 4.45. The van der Waals surface area contributed by atoms with Gasteiger partial charge in [-0.2, -0.15) is 0 Å². The second-order valence-electron chi connectivity index (χ2n) is 19.4. The van der Waals surface area contributed by atoms with Crippen LogP contribution in [0.1, 0.15) is 90.6 Å². The molecule has 2 saturated heterocycles. The number of aromatic nitrogens is 3.